The van der Waals surface area contributed by atoms with Gasteiger partial charge in [0.05, 0.1) is 17.7 Å². The highest BCUT2D eigenvalue weighted by molar-refractivity contribution is 9.10. The van der Waals surface area contributed by atoms with E-state index in [1.165, 1.54) is 6.07 Å². The van der Waals surface area contributed by atoms with Crippen LogP contribution in [0.25, 0.3) is 0 Å². The molecule has 0 atom stereocenters. The van der Waals surface area contributed by atoms with E-state index in [0.717, 1.165) is 0 Å². The van der Waals surface area contributed by atoms with Gasteiger partial charge in [0.25, 0.3) is 0 Å². The van der Waals surface area contributed by atoms with E-state index in [-0.39, 0.29) is 12.3 Å². The van der Waals surface area contributed by atoms with Crippen LogP contribution in [-0.2, 0) is 0 Å². The van der Waals surface area contributed by atoms with E-state index in [1.54, 1.807) is 0 Å². The topological polar surface area (TPSA) is 78.6 Å². The largest absolute Gasteiger partial charge is 0.485 e. The molecular formula is C11H10BrNO4. The zero-order valence-corrected chi connectivity index (χ0v) is 10.5. The standard InChI is InChI=1S/C11H10BrNO4/c12-7-3-6(5-14)10-11(17-2-1-16-10)9(7)8(15)4-13/h3,5H,1-2,4,13H2. The van der Waals surface area contributed by atoms with Gasteiger partial charge in [-0.15, -0.1) is 0 Å². The van der Waals surface area contributed by atoms with E-state index < -0.39 is 0 Å². The second-order valence-electron chi connectivity index (χ2n) is 3.42. The zero-order chi connectivity index (χ0) is 12.4. The van der Waals surface area contributed by atoms with Crippen molar-refractivity contribution in [1.29, 1.82) is 0 Å². The molecule has 0 fully saturated rings. The minimum absolute atomic E-state index is 0.130. The van der Waals surface area contributed by atoms with Crippen LogP contribution in [0, 0.1) is 0 Å². The van der Waals surface area contributed by atoms with Crippen LogP contribution in [0.3, 0.4) is 0 Å². The number of hydrogen-bond donors (Lipinski definition) is 1. The van der Waals surface area contributed by atoms with Gasteiger partial charge in [-0.3, -0.25) is 9.59 Å². The smallest absolute Gasteiger partial charge is 0.181 e. The van der Waals surface area contributed by atoms with Crippen molar-refractivity contribution in [2.75, 3.05) is 19.8 Å². The van der Waals surface area contributed by atoms with Gasteiger partial charge in [0.2, 0.25) is 0 Å². The van der Waals surface area contributed by atoms with Crippen molar-refractivity contribution in [1.82, 2.24) is 0 Å². The van der Waals surface area contributed by atoms with E-state index in [2.05, 4.69) is 15.9 Å². The highest BCUT2D eigenvalue weighted by atomic mass is 79.9. The van der Waals surface area contributed by atoms with E-state index in [4.69, 9.17) is 15.2 Å². The van der Waals surface area contributed by atoms with E-state index in [9.17, 15) is 9.59 Å². The molecule has 1 aliphatic rings. The summed E-state index contributed by atoms with van der Waals surface area (Å²) < 4.78 is 11.3. The summed E-state index contributed by atoms with van der Waals surface area (Å²) in [5, 5.41) is 0. The Morgan fingerprint density at radius 1 is 1.41 bits per heavy atom. The molecule has 0 unspecified atom stereocenters. The summed E-state index contributed by atoms with van der Waals surface area (Å²) in [6.07, 6.45) is 0.662. The Morgan fingerprint density at radius 2 is 2.06 bits per heavy atom. The van der Waals surface area contributed by atoms with E-state index in [1.807, 2.05) is 0 Å². The Balaban J connectivity index is 2.67. The number of benzene rings is 1. The fourth-order valence-electron chi connectivity index (χ4n) is 1.65. The third-order valence-corrected chi connectivity index (χ3v) is 3.01. The minimum atomic E-state index is -0.268. The fourth-order valence-corrected chi connectivity index (χ4v) is 2.30. The lowest BCUT2D eigenvalue weighted by Crippen LogP contribution is -2.22. The normalized spacial score (nSPS) is 13.3. The first-order chi connectivity index (χ1) is 8.19. The maximum atomic E-state index is 11.7. The first-order valence-corrected chi connectivity index (χ1v) is 5.79. The number of hydrogen-bond acceptors (Lipinski definition) is 5. The summed E-state index contributed by atoms with van der Waals surface area (Å²) >= 11 is 3.24. The molecule has 0 bridgehead atoms. The second kappa shape index (κ2) is 4.85. The van der Waals surface area contributed by atoms with Crippen LogP contribution >= 0.6 is 15.9 Å². The SMILES string of the molecule is NCC(=O)c1c(Br)cc(C=O)c2c1OCCO2. The van der Waals surface area contributed by atoms with Gasteiger partial charge in [0, 0.05) is 4.47 Å². The summed E-state index contributed by atoms with van der Waals surface area (Å²) in [5.41, 5.74) is 6.01. The number of ether oxygens (including phenoxy) is 2. The number of carbonyl (C=O) groups excluding carboxylic acids is 2. The number of carbonyl (C=O) groups is 2. The summed E-state index contributed by atoms with van der Waals surface area (Å²) in [4.78, 5) is 22.6. The van der Waals surface area contributed by atoms with E-state index >= 15 is 0 Å². The van der Waals surface area contributed by atoms with Crippen molar-refractivity contribution in [3.05, 3.63) is 21.7 Å². The predicted molar refractivity (Wildman–Crippen MR) is 63.9 cm³/mol. The summed E-state index contributed by atoms with van der Waals surface area (Å²) in [6.45, 7) is 0.563. The molecule has 17 heavy (non-hydrogen) atoms. The molecule has 0 aromatic heterocycles. The molecule has 0 saturated carbocycles. The lowest BCUT2D eigenvalue weighted by Gasteiger charge is -2.22. The van der Waals surface area contributed by atoms with Crippen molar-refractivity contribution < 1.29 is 19.1 Å². The summed E-state index contributed by atoms with van der Waals surface area (Å²) in [6, 6.07) is 1.53. The highest BCUT2D eigenvalue weighted by Gasteiger charge is 2.25. The molecule has 2 N–H and O–H groups in total. The second-order valence-corrected chi connectivity index (χ2v) is 4.28. The van der Waals surface area contributed by atoms with Crippen molar-refractivity contribution in [2.45, 2.75) is 0 Å². The van der Waals surface area contributed by atoms with Crippen LogP contribution in [0.2, 0.25) is 0 Å². The van der Waals surface area contributed by atoms with Gasteiger partial charge >= 0.3 is 0 Å². The molecule has 1 aromatic rings. The molecule has 90 valence electrons. The number of Topliss-reactive ketones (excluding diaryl/α,β-unsaturated/α-hetero) is 1. The first-order valence-electron chi connectivity index (χ1n) is 4.99. The summed E-state index contributed by atoms with van der Waals surface area (Å²) in [5.74, 6) is 0.338. The Hall–Kier alpha value is -1.40. The fraction of sp³-hybridized carbons (Fsp3) is 0.273. The number of aldehydes is 1. The molecule has 1 aliphatic heterocycles. The van der Waals surface area contributed by atoms with Crippen LogP contribution in [-0.4, -0.2) is 31.8 Å². The monoisotopic (exact) mass is 299 g/mol. The molecule has 2 rings (SSSR count). The number of ketones is 1. The lowest BCUT2D eigenvalue weighted by atomic mass is 10.0. The number of rotatable bonds is 3. The van der Waals surface area contributed by atoms with Crippen molar-refractivity contribution in [3.63, 3.8) is 0 Å². The molecule has 6 heteroatoms. The molecule has 0 amide bonds. The average Bonchev–Trinajstić information content (AvgIpc) is 2.37. The van der Waals surface area contributed by atoms with Crippen LogP contribution in [0.4, 0.5) is 0 Å². The van der Waals surface area contributed by atoms with Gasteiger partial charge in [-0.05, 0) is 22.0 Å². The van der Waals surface area contributed by atoms with Gasteiger partial charge in [0.1, 0.15) is 13.2 Å². The highest BCUT2D eigenvalue weighted by Crippen LogP contribution is 2.40. The number of nitrogens with two attached hydrogens (primary N) is 1. The zero-order valence-electron chi connectivity index (χ0n) is 8.86. The molecule has 0 radical (unpaired) electrons. The van der Waals surface area contributed by atoms with Crippen molar-refractivity contribution in [3.8, 4) is 11.5 Å². The minimum Gasteiger partial charge on any atom is -0.485 e. The average molecular weight is 300 g/mol. The number of fused-ring (bicyclic) bond motifs is 1. The molecule has 0 spiro atoms. The Labute approximate surface area is 106 Å². The molecule has 5 nitrogen and oxygen atoms in total. The van der Waals surface area contributed by atoms with Gasteiger partial charge in [-0.2, -0.15) is 0 Å². The van der Waals surface area contributed by atoms with Crippen molar-refractivity contribution >= 4 is 28.0 Å². The van der Waals surface area contributed by atoms with E-state index in [0.29, 0.717) is 46.6 Å². The Kier molecular flexibility index (Phi) is 3.44. The third-order valence-electron chi connectivity index (χ3n) is 2.38. The Bertz CT molecular complexity index is 487. The van der Waals surface area contributed by atoms with Crippen LogP contribution in [0.15, 0.2) is 10.5 Å². The van der Waals surface area contributed by atoms with Gasteiger partial charge in [-0.25, -0.2) is 0 Å². The maximum Gasteiger partial charge on any atom is 0.181 e. The van der Waals surface area contributed by atoms with Crippen LogP contribution in [0.5, 0.6) is 11.5 Å². The van der Waals surface area contributed by atoms with Gasteiger partial charge in [0.15, 0.2) is 23.6 Å². The van der Waals surface area contributed by atoms with Crippen LogP contribution in [0.1, 0.15) is 20.7 Å². The molecular weight excluding hydrogens is 290 g/mol. The Morgan fingerprint density at radius 3 is 2.65 bits per heavy atom. The molecule has 1 heterocycles. The lowest BCUT2D eigenvalue weighted by molar-refractivity contribution is 0.0986. The molecule has 0 aliphatic carbocycles. The first kappa shape index (κ1) is 12.1. The van der Waals surface area contributed by atoms with Crippen molar-refractivity contribution in [2.24, 2.45) is 5.73 Å². The van der Waals surface area contributed by atoms with Gasteiger partial charge in [-0.1, -0.05) is 0 Å². The molecule has 1 aromatic carbocycles. The van der Waals surface area contributed by atoms with Gasteiger partial charge < -0.3 is 15.2 Å². The quantitative estimate of drug-likeness (QED) is 0.670. The van der Waals surface area contributed by atoms with Crippen LogP contribution < -0.4 is 15.2 Å². The molecule has 0 saturated heterocycles. The maximum absolute atomic E-state index is 11.7. The third kappa shape index (κ3) is 2.05. The predicted octanol–water partition coefficient (Wildman–Crippen LogP) is 1.17. The number of halogens is 1. The summed E-state index contributed by atoms with van der Waals surface area (Å²) in [7, 11) is 0.